The lowest BCUT2D eigenvalue weighted by atomic mass is 9.87. The largest absolute Gasteiger partial charge is 0.465 e. The Kier molecular flexibility index (Phi) is 4.45. The van der Waals surface area contributed by atoms with E-state index >= 15 is 0 Å². The zero-order valence-corrected chi connectivity index (χ0v) is 12.3. The van der Waals surface area contributed by atoms with Gasteiger partial charge in [-0.25, -0.2) is 4.79 Å². The van der Waals surface area contributed by atoms with Gasteiger partial charge >= 0.3 is 6.09 Å². The number of nitrogens with zero attached hydrogens (tertiary/aromatic N) is 2. The maximum atomic E-state index is 11.3. The predicted octanol–water partition coefficient (Wildman–Crippen LogP) is 3.26. The van der Waals surface area contributed by atoms with Gasteiger partial charge in [0.1, 0.15) is 0 Å². The molecule has 1 unspecified atom stereocenters. The quantitative estimate of drug-likeness (QED) is 0.684. The highest BCUT2D eigenvalue weighted by atomic mass is 16.6. The van der Waals surface area contributed by atoms with E-state index in [1.807, 2.05) is 0 Å². The summed E-state index contributed by atoms with van der Waals surface area (Å²) in [6.45, 7) is 5.04. The van der Waals surface area contributed by atoms with Crippen molar-refractivity contribution in [3.8, 4) is 0 Å². The fraction of sp³-hybridized carbons (Fsp3) is 0.533. The molecule has 6 heteroatoms. The van der Waals surface area contributed by atoms with E-state index in [1.54, 1.807) is 12.1 Å². The Balaban J connectivity index is 2.38. The Morgan fingerprint density at radius 2 is 2.24 bits per heavy atom. The van der Waals surface area contributed by atoms with Crippen LogP contribution in [-0.2, 0) is 6.42 Å². The maximum Gasteiger partial charge on any atom is 0.407 e. The number of nitro groups is 1. The molecule has 1 aliphatic heterocycles. The second-order valence-corrected chi connectivity index (χ2v) is 5.95. The normalized spacial score (nSPS) is 18.2. The lowest BCUT2D eigenvalue weighted by Crippen LogP contribution is -2.33. The van der Waals surface area contributed by atoms with Gasteiger partial charge in [-0.3, -0.25) is 10.1 Å². The third-order valence-corrected chi connectivity index (χ3v) is 3.90. The van der Waals surface area contributed by atoms with Gasteiger partial charge in [0.15, 0.2) is 0 Å². The smallest absolute Gasteiger partial charge is 0.407 e. The van der Waals surface area contributed by atoms with E-state index in [9.17, 15) is 20.0 Å². The first-order valence-electron chi connectivity index (χ1n) is 7.13. The number of benzene rings is 1. The van der Waals surface area contributed by atoms with Crippen LogP contribution in [-0.4, -0.2) is 34.1 Å². The first-order valence-corrected chi connectivity index (χ1v) is 7.13. The molecule has 1 aromatic carbocycles. The number of fused-ring (bicyclic) bond motifs is 1. The van der Waals surface area contributed by atoms with Crippen LogP contribution >= 0.6 is 0 Å². The molecule has 21 heavy (non-hydrogen) atoms. The van der Waals surface area contributed by atoms with Crippen LogP contribution in [0.25, 0.3) is 0 Å². The van der Waals surface area contributed by atoms with Crippen molar-refractivity contribution < 1.29 is 14.8 Å². The Hall–Kier alpha value is -2.11. The van der Waals surface area contributed by atoms with Crippen molar-refractivity contribution in [1.29, 1.82) is 0 Å². The van der Waals surface area contributed by atoms with Crippen molar-refractivity contribution in [2.24, 2.45) is 5.92 Å². The van der Waals surface area contributed by atoms with Gasteiger partial charge in [0.05, 0.1) is 4.92 Å². The zero-order valence-electron chi connectivity index (χ0n) is 12.3. The first-order chi connectivity index (χ1) is 9.88. The topological polar surface area (TPSA) is 83.7 Å². The number of hydrogen-bond donors (Lipinski definition) is 1. The molecule has 0 spiro atoms. The Labute approximate surface area is 123 Å². The minimum atomic E-state index is -0.925. The van der Waals surface area contributed by atoms with Crippen LogP contribution in [0.2, 0.25) is 0 Å². The number of amides is 1. The van der Waals surface area contributed by atoms with Gasteiger partial charge in [-0.15, -0.1) is 0 Å². The number of carbonyl (C=O) groups is 1. The summed E-state index contributed by atoms with van der Waals surface area (Å²) >= 11 is 0. The average molecular weight is 292 g/mol. The standard InChI is InChI=1S/C15H20N2O4/c1-10(2)7-12-9-16(15(18)19)6-5-11-8-13(17(20)21)3-4-14(11)12/h3-4,8,10,12H,5-7,9H2,1-2H3,(H,18,19). The molecule has 1 N–H and O–H groups in total. The summed E-state index contributed by atoms with van der Waals surface area (Å²) in [5.74, 6) is 0.534. The molecule has 0 radical (unpaired) electrons. The Bertz CT molecular complexity index is 557. The van der Waals surface area contributed by atoms with E-state index in [4.69, 9.17) is 0 Å². The molecule has 1 heterocycles. The van der Waals surface area contributed by atoms with Crippen molar-refractivity contribution in [2.45, 2.75) is 32.6 Å². The first kappa shape index (κ1) is 15.3. The number of hydrogen-bond acceptors (Lipinski definition) is 3. The molecule has 0 saturated carbocycles. The molecule has 1 aromatic rings. The van der Waals surface area contributed by atoms with E-state index in [2.05, 4.69) is 13.8 Å². The van der Waals surface area contributed by atoms with E-state index in [0.29, 0.717) is 25.4 Å². The van der Waals surface area contributed by atoms with E-state index < -0.39 is 11.0 Å². The minimum Gasteiger partial charge on any atom is -0.465 e. The van der Waals surface area contributed by atoms with Crippen LogP contribution in [0, 0.1) is 16.0 Å². The van der Waals surface area contributed by atoms with E-state index in [1.165, 1.54) is 11.0 Å². The molecule has 1 atom stereocenters. The lowest BCUT2D eigenvalue weighted by Gasteiger charge is -2.24. The molecular formula is C15H20N2O4. The predicted molar refractivity (Wildman–Crippen MR) is 78.6 cm³/mol. The number of nitro benzene ring substituents is 1. The summed E-state index contributed by atoms with van der Waals surface area (Å²) in [5, 5.41) is 20.2. The third-order valence-electron chi connectivity index (χ3n) is 3.90. The van der Waals surface area contributed by atoms with Gasteiger partial charge in [-0.2, -0.15) is 0 Å². The Morgan fingerprint density at radius 3 is 2.81 bits per heavy atom. The van der Waals surface area contributed by atoms with Crippen molar-refractivity contribution in [3.63, 3.8) is 0 Å². The number of non-ortho nitro benzene ring substituents is 1. The number of rotatable bonds is 3. The summed E-state index contributed by atoms with van der Waals surface area (Å²) in [6.07, 6.45) is 0.470. The minimum absolute atomic E-state index is 0.0702. The fourth-order valence-electron chi connectivity index (χ4n) is 2.98. The second-order valence-electron chi connectivity index (χ2n) is 5.95. The van der Waals surface area contributed by atoms with Crippen molar-refractivity contribution in [3.05, 3.63) is 39.4 Å². The summed E-state index contributed by atoms with van der Waals surface area (Å²) in [7, 11) is 0. The van der Waals surface area contributed by atoms with Crippen LogP contribution < -0.4 is 0 Å². The molecule has 6 nitrogen and oxygen atoms in total. The average Bonchev–Trinajstić information content (AvgIpc) is 2.57. The second kappa shape index (κ2) is 6.11. The molecule has 2 rings (SSSR count). The van der Waals surface area contributed by atoms with Gasteiger partial charge in [-0.05, 0) is 29.9 Å². The van der Waals surface area contributed by atoms with Gasteiger partial charge in [0.25, 0.3) is 5.69 Å². The summed E-state index contributed by atoms with van der Waals surface area (Å²) < 4.78 is 0. The molecule has 1 aliphatic rings. The summed E-state index contributed by atoms with van der Waals surface area (Å²) in [4.78, 5) is 23.2. The molecule has 1 amide bonds. The van der Waals surface area contributed by atoms with Crippen LogP contribution in [0.5, 0.6) is 0 Å². The van der Waals surface area contributed by atoms with Gasteiger partial charge < -0.3 is 10.0 Å². The van der Waals surface area contributed by atoms with Crippen LogP contribution in [0.15, 0.2) is 18.2 Å². The van der Waals surface area contributed by atoms with E-state index in [-0.39, 0.29) is 11.6 Å². The van der Waals surface area contributed by atoms with Crippen LogP contribution in [0.1, 0.15) is 37.3 Å². The highest BCUT2D eigenvalue weighted by Gasteiger charge is 2.27. The zero-order chi connectivity index (χ0) is 15.6. The monoisotopic (exact) mass is 292 g/mol. The van der Waals surface area contributed by atoms with Crippen LogP contribution in [0.3, 0.4) is 0 Å². The number of carboxylic acid groups (broad SMARTS) is 1. The highest BCUT2D eigenvalue weighted by molar-refractivity contribution is 5.65. The van der Waals surface area contributed by atoms with Crippen molar-refractivity contribution >= 4 is 11.8 Å². The Morgan fingerprint density at radius 1 is 1.52 bits per heavy atom. The van der Waals surface area contributed by atoms with Crippen molar-refractivity contribution in [2.75, 3.05) is 13.1 Å². The molecule has 0 aromatic heterocycles. The molecule has 0 bridgehead atoms. The van der Waals surface area contributed by atoms with Gasteiger partial charge in [-0.1, -0.05) is 19.9 Å². The molecule has 0 saturated heterocycles. The molecule has 114 valence electrons. The van der Waals surface area contributed by atoms with Crippen LogP contribution in [0.4, 0.5) is 10.5 Å². The van der Waals surface area contributed by atoms with Gasteiger partial charge in [0, 0.05) is 31.1 Å². The highest BCUT2D eigenvalue weighted by Crippen LogP contribution is 2.32. The van der Waals surface area contributed by atoms with Gasteiger partial charge in [0.2, 0.25) is 0 Å². The summed E-state index contributed by atoms with van der Waals surface area (Å²) in [5.41, 5.74) is 2.03. The lowest BCUT2D eigenvalue weighted by molar-refractivity contribution is -0.384. The molecule has 0 aliphatic carbocycles. The maximum absolute atomic E-state index is 11.3. The molecular weight excluding hydrogens is 272 g/mol. The third kappa shape index (κ3) is 3.51. The summed E-state index contributed by atoms with van der Waals surface area (Å²) in [6, 6.07) is 4.91. The van der Waals surface area contributed by atoms with E-state index in [0.717, 1.165) is 17.5 Å². The van der Waals surface area contributed by atoms with Crippen molar-refractivity contribution in [1.82, 2.24) is 4.90 Å². The fourth-order valence-corrected chi connectivity index (χ4v) is 2.98. The SMILES string of the molecule is CC(C)CC1CN(C(=O)O)CCc2cc([N+](=O)[O-])ccc21. The molecule has 0 fully saturated rings.